The molecule has 0 saturated heterocycles. The Labute approximate surface area is 164 Å². The van der Waals surface area contributed by atoms with Gasteiger partial charge >= 0.3 is 0 Å². The summed E-state index contributed by atoms with van der Waals surface area (Å²) in [4.78, 5) is 13.9. The topological polar surface area (TPSA) is 17.1 Å². The van der Waals surface area contributed by atoms with Crippen molar-refractivity contribution < 1.29 is 4.79 Å². The second-order valence-corrected chi connectivity index (χ2v) is 7.90. The molecule has 0 aromatic heterocycles. The molecule has 1 unspecified atom stereocenters. The first-order valence-electron chi connectivity index (χ1n) is 10.1. The highest BCUT2D eigenvalue weighted by Gasteiger charge is 2.35. The van der Waals surface area contributed by atoms with E-state index >= 15 is 0 Å². The maximum absolute atomic E-state index is 13.1. The molecule has 0 radical (unpaired) electrons. The van der Waals surface area contributed by atoms with E-state index in [1.165, 1.54) is 38.5 Å². The van der Waals surface area contributed by atoms with Crippen LogP contribution in [-0.4, -0.2) is 10.6 Å². The van der Waals surface area contributed by atoms with Crippen LogP contribution < -0.4 is 0 Å². The van der Waals surface area contributed by atoms with Crippen LogP contribution in [0.5, 0.6) is 0 Å². The number of hydrogen-bond donors (Lipinski definition) is 0. The second kappa shape index (κ2) is 11.2. The van der Waals surface area contributed by atoms with Crippen molar-refractivity contribution in [3.05, 3.63) is 60.2 Å². The maximum Gasteiger partial charge on any atom is 0.148 e. The summed E-state index contributed by atoms with van der Waals surface area (Å²) in [5.74, 6) is 0.276. The number of hydrogen-bond acceptors (Lipinski definition) is 2. The molecule has 0 N–H and O–H groups in total. The third-order valence-electron chi connectivity index (χ3n) is 5.34. The minimum absolute atomic E-state index is 0.276. The molecule has 2 rings (SSSR count). The molecule has 26 heavy (non-hydrogen) atoms. The Kier molecular flexibility index (Phi) is 8.97. The number of allylic oxidation sites excluding steroid dienone is 4. The van der Waals surface area contributed by atoms with Gasteiger partial charge < -0.3 is 0 Å². The Morgan fingerprint density at radius 1 is 1.00 bits per heavy atom. The first-order chi connectivity index (χ1) is 12.7. The Morgan fingerprint density at radius 3 is 2.35 bits per heavy atom. The number of Topliss-reactive ketones (excluding diaryl/α,β-unsaturated/α-hetero) is 1. The molecular weight excluding hydrogens is 336 g/mol. The quantitative estimate of drug-likeness (QED) is 0.224. The predicted molar refractivity (Wildman–Crippen MR) is 116 cm³/mol. The van der Waals surface area contributed by atoms with E-state index in [0.29, 0.717) is 6.42 Å². The van der Waals surface area contributed by atoms with Gasteiger partial charge in [0.25, 0.3) is 0 Å². The smallest absolute Gasteiger partial charge is 0.148 e. The van der Waals surface area contributed by atoms with Crippen molar-refractivity contribution in [3.63, 3.8) is 0 Å². The molecule has 140 valence electrons. The highest BCUT2D eigenvalue weighted by Crippen LogP contribution is 2.36. The number of ketones is 1. The van der Waals surface area contributed by atoms with Gasteiger partial charge in [0.2, 0.25) is 0 Å². The third kappa shape index (κ3) is 6.32. The first-order valence-corrected chi connectivity index (χ1v) is 10.5. The molecule has 1 aromatic carbocycles. The first kappa shape index (κ1) is 20.8. The highest BCUT2D eigenvalue weighted by atomic mass is 32.1. The van der Waals surface area contributed by atoms with Gasteiger partial charge in [-0.2, -0.15) is 0 Å². The van der Waals surface area contributed by atoms with Gasteiger partial charge in [-0.15, -0.1) is 0 Å². The van der Waals surface area contributed by atoms with Crippen LogP contribution in [0.2, 0.25) is 0 Å². The molecule has 2 heteroatoms. The number of rotatable bonds is 12. The molecule has 0 spiro atoms. The maximum atomic E-state index is 13.1. The Bertz CT molecular complexity index is 629. The second-order valence-electron chi connectivity index (χ2n) is 7.41. The minimum atomic E-state index is -0.350. The lowest BCUT2D eigenvalue weighted by Crippen LogP contribution is -2.31. The van der Waals surface area contributed by atoms with Crippen LogP contribution in [0, 0.1) is 5.41 Å². The van der Waals surface area contributed by atoms with Crippen molar-refractivity contribution in [1.82, 2.24) is 0 Å². The Balaban J connectivity index is 1.89. The highest BCUT2D eigenvalue weighted by molar-refractivity contribution is 7.80. The summed E-state index contributed by atoms with van der Waals surface area (Å²) in [6.45, 7) is 2.25. The summed E-state index contributed by atoms with van der Waals surface area (Å²) >= 11 is 5.55. The van der Waals surface area contributed by atoms with Crippen molar-refractivity contribution in [2.75, 3.05) is 0 Å². The molecular formula is C24H32OS. The lowest BCUT2D eigenvalue weighted by molar-refractivity contribution is -0.125. The van der Waals surface area contributed by atoms with Crippen LogP contribution in [0.25, 0.3) is 0 Å². The van der Waals surface area contributed by atoms with E-state index in [1.807, 2.05) is 42.5 Å². The predicted octanol–water partition coefficient (Wildman–Crippen LogP) is 7.01. The Hall–Kier alpha value is -1.54. The lowest BCUT2D eigenvalue weighted by atomic mass is 9.72. The summed E-state index contributed by atoms with van der Waals surface area (Å²) in [7, 11) is 0. The van der Waals surface area contributed by atoms with Crippen molar-refractivity contribution in [3.8, 4) is 0 Å². The van der Waals surface area contributed by atoms with Gasteiger partial charge in [0.1, 0.15) is 5.78 Å². The molecule has 0 saturated carbocycles. The van der Waals surface area contributed by atoms with Crippen LogP contribution in [-0.2, 0) is 4.79 Å². The van der Waals surface area contributed by atoms with Crippen LogP contribution in [0.15, 0.2) is 54.6 Å². The normalized spacial score (nSPS) is 18.8. The molecule has 1 nitrogen and oxygen atoms in total. The fraction of sp³-hybridized carbons (Fsp3) is 0.500. The van der Waals surface area contributed by atoms with E-state index in [4.69, 9.17) is 12.2 Å². The van der Waals surface area contributed by atoms with E-state index in [0.717, 1.165) is 29.7 Å². The molecule has 1 atom stereocenters. The zero-order valence-electron chi connectivity index (χ0n) is 16.1. The summed E-state index contributed by atoms with van der Waals surface area (Å²) in [6.07, 6.45) is 19.4. The summed E-state index contributed by atoms with van der Waals surface area (Å²) in [5, 5.41) is 0. The van der Waals surface area contributed by atoms with E-state index < -0.39 is 0 Å². The lowest BCUT2D eigenvalue weighted by Gasteiger charge is -2.30. The number of thiocarbonyl (C=S) groups is 1. The summed E-state index contributed by atoms with van der Waals surface area (Å²) in [5.41, 5.74) is 0.647. The number of unbranched alkanes of at least 4 members (excludes halogenated alkanes) is 6. The van der Waals surface area contributed by atoms with Gasteiger partial charge in [0, 0.05) is 11.3 Å². The largest absolute Gasteiger partial charge is 0.298 e. The van der Waals surface area contributed by atoms with Crippen molar-refractivity contribution >= 4 is 22.9 Å². The molecule has 0 aliphatic heterocycles. The fourth-order valence-electron chi connectivity index (χ4n) is 3.64. The molecule has 0 heterocycles. The van der Waals surface area contributed by atoms with Crippen molar-refractivity contribution in [2.45, 2.75) is 71.1 Å². The van der Waals surface area contributed by atoms with E-state index in [2.05, 4.69) is 19.1 Å². The Morgan fingerprint density at radius 2 is 1.69 bits per heavy atom. The fourth-order valence-corrected chi connectivity index (χ4v) is 3.91. The third-order valence-corrected chi connectivity index (χ3v) is 5.72. The molecule has 0 fully saturated rings. The number of carbonyl (C=O) groups excluding carboxylic acids is 1. The number of carbonyl (C=O) groups is 1. The average molecular weight is 369 g/mol. The van der Waals surface area contributed by atoms with E-state index in [1.54, 1.807) is 0 Å². The van der Waals surface area contributed by atoms with Gasteiger partial charge in [-0.3, -0.25) is 4.79 Å². The number of benzene rings is 1. The van der Waals surface area contributed by atoms with Gasteiger partial charge in [-0.05, 0) is 18.4 Å². The molecule has 1 aliphatic rings. The van der Waals surface area contributed by atoms with Crippen molar-refractivity contribution in [2.24, 2.45) is 5.41 Å². The van der Waals surface area contributed by atoms with Crippen LogP contribution in [0.1, 0.15) is 76.7 Å². The van der Waals surface area contributed by atoms with Crippen molar-refractivity contribution in [1.29, 1.82) is 0 Å². The standard InChI is InChI=1S/C24H32OS/c1-2-3-4-5-6-7-12-17-24(18-13-9-14-19-24)23(25)20-22(26)21-15-10-8-11-16-21/h8-11,13-16,18H,2-7,12,17,19-20H2,1H3. The summed E-state index contributed by atoms with van der Waals surface area (Å²) in [6, 6.07) is 9.92. The van der Waals surface area contributed by atoms with Crippen LogP contribution >= 0.6 is 12.2 Å². The monoisotopic (exact) mass is 368 g/mol. The molecule has 1 aromatic rings. The van der Waals surface area contributed by atoms with Gasteiger partial charge in [0.05, 0.1) is 5.41 Å². The molecule has 1 aliphatic carbocycles. The van der Waals surface area contributed by atoms with Gasteiger partial charge in [-0.25, -0.2) is 0 Å². The van der Waals surface area contributed by atoms with E-state index in [9.17, 15) is 4.79 Å². The van der Waals surface area contributed by atoms with Gasteiger partial charge in [-0.1, -0.05) is 119 Å². The van der Waals surface area contributed by atoms with Crippen LogP contribution in [0.3, 0.4) is 0 Å². The van der Waals surface area contributed by atoms with Gasteiger partial charge in [0.15, 0.2) is 0 Å². The average Bonchev–Trinajstić information content (AvgIpc) is 2.68. The molecule has 0 bridgehead atoms. The zero-order valence-corrected chi connectivity index (χ0v) is 16.9. The zero-order chi connectivity index (χ0) is 18.7. The molecule has 0 amide bonds. The van der Waals surface area contributed by atoms with Crippen LogP contribution in [0.4, 0.5) is 0 Å². The van der Waals surface area contributed by atoms with E-state index in [-0.39, 0.29) is 11.2 Å². The summed E-state index contributed by atoms with van der Waals surface area (Å²) < 4.78 is 0. The SMILES string of the molecule is CCCCCCCCCC1(C(=O)CC(=S)c2ccccc2)C=CC=CC1. The minimum Gasteiger partial charge on any atom is -0.298 e.